The highest BCUT2D eigenvalue weighted by molar-refractivity contribution is 9.10. The minimum absolute atomic E-state index is 0.0927. The van der Waals surface area contributed by atoms with Gasteiger partial charge in [-0.1, -0.05) is 52.3 Å². The van der Waals surface area contributed by atoms with Gasteiger partial charge in [-0.25, -0.2) is 5.84 Å². The van der Waals surface area contributed by atoms with Gasteiger partial charge in [-0.3, -0.25) is 10.2 Å². The summed E-state index contributed by atoms with van der Waals surface area (Å²) >= 11 is 3.41. The Bertz CT molecular complexity index is 622. The number of amides is 1. The first-order valence-electron chi connectivity index (χ1n) is 6.33. The third kappa shape index (κ3) is 5.06. The summed E-state index contributed by atoms with van der Waals surface area (Å²) in [6.07, 6.45) is 4.05. The highest BCUT2D eigenvalue weighted by atomic mass is 79.9. The zero-order valence-electron chi connectivity index (χ0n) is 11.3. The molecule has 4 nitrogen and oxygen atoms in total. The van der Waals surface area contributed by atoms with Crippen LogP contribution in [0.25, 0.3) is 12.2 Å². The minimum Gasteiger partial charge on any atom is -0.484 e. The Morgan fingerprint density at radius 1 is 1.05 bits per heavy atom. The first-order chi connectivity index (χ1) is 10.2. The van der Waals surface area contributed by atoms with Crippen LogP contribution in [-0.2, 0) is 4.79 Å². The van der Waals surface area contributed by atoms with Gasteiger partial charge in [0.15, 0.2) is 6.61 Å². The lowest BCUT2D eigenvalue weighted by Crippen LogP contribution is -2.34. The van der Waals surface area contributed by atoms with Gasteiger partial charge in [0.25, 0.3) is 5.91 Å². The molecule has 2 rings (SSSR count). The van der Waals surface area contributed by atoms with Crippen molar-refractivity contribution in [3.8, 4) is 5.75 Å². The Kier molecular flexibility index (Phi) is 5.54. The molecule has 0 saturated heterocycles. The fourth-order valence-corrected chi connectivity index (χ4v) is 1.90. The maximum atomic E-state index is 11.0. The topological polar surface area (TPSA) is 64.3 Å². The molecule has 3 N–H and O–H groups in total. The van der Waals surface area contributed by atoms with E-state index in [0.717, 1.165) is 15.6 Å². The number of rotatable bonds is 5. The van der Waals surface area contributed by atoms with Crippen LogP contribution in [0.2, 0.25) is 0 Å². The van der Waals surface area contributed by atoms with Crippen molar-refractivity contribution < 1.29 is 9.53 Å². The van der Waals surface area contributed by atoms with Crippen LogP contribution in [0.1, 0.15) is 11.1 Å². The van der Waals surface area contributed by atoms with Crippen molar-refractivity contribution in [2.75, 3.05) is 6.61 Å². The molecule has 5 heteroatoms. The summed E-state index contributed by atoms with van der Waals surface area (Å²) in [6.45, 7) is -0.0927. The number of carbonyl (C=O) groups is 1. The third-order valence-corrected chi connectivity index (χ3v) is 3.28. The van der Waals surface area contributed by atoms with Gasteiger partial charge in [0, 0.05) is 4.47 Å². The van der Waals surface area contributed by atoms with Crippen LogP contribution in [0.4, 0.5) is 0 Å². The molecule has 0 unspecified atom stereocenters. The van der Waals surface area contributed by atoms with Crippen molar-refractivity contribution >= 4 is 34.0 Å². The van der Waals surface area contributed by atoms with E-state index in [1.807, 2.05) is 66.1 Å². The normalized spacial score (nSPS) is 10.6. The maximum absolute atomic E-state index is 11.0. The number of nitrogens with two attached hydrogens (primary N) is 1. The van der Waals surface area contributed by atoms with E-state index < -0.39 is 0 Å². The lowest BCUT2D eigenvalue weighted by molar-refractivity contribution is -0.123. The summed E-state index contributed by atoms with van der Waals surface area (Å²) in [5.74, 6) is 5.23. The average molecular weight is 347 g/mol. The molecule has 0 fully saturated rings. The van der Waals surface area contributed by atoms with Crippen LogP contribution in [0, 0.1) is 0 Å². The summed E-state index contributed by atoms with van der Waals surface area (Å²) in [5, 5.41) is 0. The number of hydrogen-bond donors (Lipinski definition) is 2. The Hall–Kier alpha value is -2.11. The van der Waals surface area contributed by atoms with E-state index in [2.05, 4.69) is 15.9 Å². The van der Waals surface area contributed by atoms with Gasteiger partial charge in [-0.15, -0.1) is 0 Å². The number of nitrogens with one attached hydrogen (secondary N) is 1. The van der Waals surface area contributed by atoms with Crippen LogP contribution >= 0.6 is 15.9 Å². The predicted molar refractivity (Wildman–Crippen MR) is 87.3 cm³/mol. The molecule has 2 aromatic carbocycles. The van der Waals surface area contributed by atoms with Crippen molar-refractivity contribution in [3.05, 3.63) is 64.1 Å². The molecule has 0 saturated carbocycles. The van der Waals surface area contributed by atoms with Crippen molar-refractivity contribution in [1.29, 1.82) is 0 Å². The summed E-state index contributed by atoms with van der Waals surface area (Å²) in [4.78, 5) is 11.0. The van der Waals surface area contributed by atoms with Crippen molar-refractivity contribution in [2.24, 2.45) is 5.84 Å². The van der Waals surface area contributed by atoms with E-state index in [1.165, 1.54) is 0 Å². The predicted octanol–water partition coefficient (Wildman–Crippen LogP) is 2.99. The monoisotopic (exact) mass is 346 g/mol. The van der Waals surface area contributed by atoms with Crippen molar-refractivity contribution in [3.63, 3.8) is 0 Å². The quantitative estimate of drug-likeness (QED) is 0.378. The molecule has 0 aliphatic heterocycles. The first-order valence-corrected chi connectivity index (χ1v) is 7.12. The van der Waals surface area contributed by atoms with Gasteiger partial charge in [-0.05, 0) is 35.4 Å². The molecule has 1 amide bonds. The molecule has 0 radical (unpaired) electrons. The number of carbonyl (C=O) groups excluding carboxylic acids is 1. The Morgan fingerprint density at radius 2 is 1.57 bits per heavy atom. The molecule has 0 aliphatic carbocycles. The Balaban J connectivity index is 1.95. The van der Waals surface area contributed by atoms with Gasteiger partial charge < -0.3 is 4.74 Å². The fraction of sp³-hybridized carbons (Fsp3) is 0.0625. The van der Waals surface area contributed by atoms with E-state index in [9.17, 15) is 4.79 Å². The smallest absolute Gasteiger partial charge is 0.271 e. The van der Waals surface area contributed by atoms with E-state index in [4.69, 9.17) is 10.6 Å². The van der Waals surface area contributed by atoms with Crippen LogP contribution in [0.3, 0.4) is 0 Å². The average Bonchev–Trinajstić information content (AvgIpc) is 2.53. The minimum atomic E-state index is -0.366. The molecule has 0 aliphatic rings. The zero-order valence-corrected chi connectivity index (χ0v) is 12.8. The highest BCUT2D eigenvalue weighted by Crippen LogP contribution is 2.16. The Labute approximate surface area is 131 Å². The molecule has 0 atom stereocenters. The van der Waals surface area contributed by atoms with Gasteiger partial charge in [0.05, 0.1) is 0 Å². The number of benzene rings is 2. The van der Waals surface area contributed by atoms with Crippen LogP contribution < -0.4 is 16.0 Å². The molecule has 2 aromatic rings. The van der Waals surface area contributed by atoms with Gasteiger partial charge in [0.1, 0.15) is 5.75 Å². The molecular weight excluding hydrogens is 332 g/mol. The third-order valence-electron chi connectivity index (χ3n) is 2.75. The molecule has 0 aromatic heterocycles. The van der Waals surface area contributed by atoms with E-state index in [0.29, 0.717) is 5.75 Å². The van der Waals surface area contributed by atoms with Crippen LogP contribution in [0.15, 0.2) is 53.0 Å². The first kappa shape index (κ1) is 15.3. The molecule has 0 bridgehead atoms. The lowest BCUT2D eigenvalue weighted by Gasteiger charge is -2.04. The Morgan fingerprint density at radius 3 is 2.10 bits per heavy atom. The van der Waals surface area contributed by atoms with Crippen molar-refractivity contribution in [2.45, 2.75) is 0 Å². The van der Waals surface area contributed by atoms with Crippen LogP contribution in [-0.4, -0.2) is 12.5 Å². The van der Waals surface area contributed by atoms with Crippen LogP contribution in [0.5, 0.6) is 5.75 Å². The number of hydrazine groups is 1. The molecule has 0 heterocycles. The fourth-order valence-electron chi connectivity index (χ4n) is 1.63. The summed E-state index contributed by atoms with van der Waals surface area (Å²) in [6, 6.07) is 15.5. The number of ether oxygens (including phenoxy) is 1. The molecule has 21 heavy (non-hydrogen) atoms. The summed E-state index contributed by atoms with van der Waals surface area (Å²) < 4.78 is 6.33. The maximum Gasteiger partial charge on any atom is 0.271 e. The molecule has 0 spiro atoms. The molecule has 108 valence electrons. The van der Waals surface area contributed by atoms with Gasteiger partial charge in [0.2, 0.25) is 0 Å². The summed E-state index contributed by atoms with van der Waals surface area (Å²) in [7, 11) is 0. The van der Waals surface area contributed by atoms with Gasteiger partial charge >= 0.3 is 0 Å². The van der Waals surface area contributed by atoms with Crippen molar-refractivity contribution in [1.82, 2.24) is 5.43 Å². The van der Waals surface area contributed by atoms with E-state index in [-0.39, 0.29) is 12.5 Å². The van der Waals surface area contributed by atoms with Gasteiger partial charge in [-0.2, -0.15) is 0 Å². The van der Waals surface area contributed by atoms with E-state index >= 15 is 0 Å². The lowest BCUT2D eigenvalue weighted by atomic mass is 10.1. The second kappa shape index (κ2) is 7.61. The largest absolute Gasteiger partial charge is 0.484 e. The SMILES string of the molecule is NNC(=O)COc1ccc(/C=C/c2ccc(Br)cc2)cc1. The summed E-state index contributed by atoms with van der Waals surface area (Å²) in [5.41, 5.74) is 4.18. The number of halogens is 1. The van der Waals surface area contributed by atoms with E-state index in [1.54, 1.807) is 0 Å². The number of hydrogen-bond acceptors (Lipinski definition) is 3. The molecular formula is C16H15BrN2O2. The second-order valence-corrected chi connectivity index (χ2v) is 5.23. The zero-order chi connectivity index (χ0) is 15.1. The highest BCUT2D eigenvalue weighted by Gasteiger charge is 1.99. The standard InChI is InChI=1S/C16H15BrN2O2/c17-14-7-3-12(4-8-14)1-2-13-5-9-15(10-6-13)21-11-16(20)19-18/h1-10H,11,18H2,(H,19,20)/b2-1+. The second-order valence-electron chi connectivity index (χ2n) is 4.31.